The second kappa shape index (κ2) is 8.03. The van der Waals surface area contributed by atoms with Crippen LogP contribution in [0.2, 0.25) is 10.4 Å². The highest BCUT2D eigenvalue weighted by atomic mass is 35.5. The van der Waals surface area contributed by atoms with Crippen LogP contribution in [0.1, 0.15) is 28.4 Å². The summed E-state index contributed by atoms with van der Waals surface area (Å²) in [5, 5.41) is 0.494. The van der Waals surface area contributed by atoms with E-state index in [4.69, 9.17) is 27.9 Å². The van der Waals surface area contributed by atoms with E-state index in [2.05, 4.69) is 14.9 Å². The fourth-order valence-corrected chi connectivity index (χ4v) is 4.10. The average molecular weight is 418 g/mol. The second-order valence-corrected chi connectivity index (χ2v) is 7.37. The minimum absolute atomic E-state index is 0.113. The van der Waals surface area contributed by atoms with Gasteiger partial charge in [-0.3, -0.25) is 4.90 Å². The van der Waals surface area contributed by atoms with Crippen LogP contribution in [0.15, 0.2) is 48.5 Å². The topological polar surface area (TPSA) is 38.2 Å². The van der Waals surface area contributed by atoms with E-state index in [0.29, 0.717) is 11.7 Å². The summed E-state index contributed by atoms with van der Waals surface area (Å²) in [4.78, 5) is 10.9. The van der Waals surface area contributed by atoms with Crippen molar-refractivity contribution in [3.8, 4) is 5.75 Å². The molecule has 1 atom stereocenters. The van der Waals surface area contributed by atoms with Crippen LogP contribution in [0.4, 0.5) is 4.39 Å². The summed E-state index contributed by atoms with van der Waals surface area (Å²) in [5.41, 5.74) is 3.74. The molecule has 4 rings (SSSR count). The molecule has 0 saturated heterocycles. The Morgan fingerprint density at radius 3 is 2.46 bits per heavy atom. The smallest absolute Gasteiger partial charge is 0.224 e. The molecule has 0 radical (unpaired) electrons. The lowest BCUT2D eigenvalue weighted by Gasteiger charge is -2.37. The Morgan fingerprint density at radius 2 is 1.79 bits per heavy atom. The number of fused-ring (bicyclic) bond motifs is 1. The first kappa shape index (κ1) is 19.1. The van der Waals surface area contributed by atoms with Gasteiger partial charge in [-0.15, -0.1) is 0 Å². The summed E-state index contributed by atoms with van der Waals surface area (Å²) in [6.07, 6.45) is 0.721. The van der Waals surface area contributed by atoms with Crippen molar-refractivity contribution in [2.45, 2.75) is 19.0 Å². The third-order valence-electron chi connectivity index (χ3n) is 4.96. The van der Waals surface area contributed by atoms with Crippen molar-refractivity contribution in [2.75, 3.05) is 13.7 Å². The molecule has 0 amide bonds. The number of benzene rings is 2. The largest absolute Gasteiger partial charge is 0.497 e. The van der Waals surface area contributed by atoms with Crippen LogP contribution < -0.4 is 4.74 Å². The molecule has 4 nitrogen and oxygen atoms in total. The van der Waals surface area contributed by atoms with E-state index in [-0.39, 0.29) is 17.1 Å². The Morgan fingerprint density at radius 1 is 1.07 bits per heavy atom. The lowest BCUT2D eigenvalue weighted by Crippen LogP contribution is -2.36. The summed E-state index contributed by atoms with van der Waals surface area (Å²) >= 11 is 12.4. The number of rotatable bonds is 4. The molecule has 144 valence electrons. The summed E-state index contributed by atoms with van der Waals surface area (Å²) in [5.74, 6) is 0.536. The van der Waals surface area contributed by atoms with Crippen LogP contribution in [0.5, 0.6) is 5.75 Å². The molecule has 0 aliphatic carbocycles. The van der Waals surface area contributed by atoms with Gasteiger partial charge in [0.2, 0.25) is 5.28 Å². The van der Waals surface area contributed by atoms with Crippen molar-refractivity contribution in [1.29, 1.82) is 0 Å². The predicted molar refractivity (Wildman–Crippen MR) is 107 cm³/mol. The molecule has 0 N–H and O–H groups in total. The van der Waals surface area contributed by atoms with Gasteiger partial charge in [-0.25, -0.2) is 14.4 Å². The van der Waals surface area contributed by atoms with Crippen molar-refractivity contribution in [3.63, 3.8) is 0 Å². The molecule has 1 aliphatic rings. The zero-order valence-electron chi connectivity index (χ0n) is 15.2. The Kier molecular flexibility index (Phi) is 5.49. The maximum Gasteiger partial charge on any atom is 0.224 e. The van der Waals surface area contributed by atoms with E-state index in [0.717, 1.165) is 41.1 Å². The van der Waals surface area contributed by atoms with Crippen molar-refractivity contribution in [2.24, 2.45) is 0 Å². The van der Waals surface area contributed by atoms with Crippen molar-refractivity contribution in [3.05, 3.63) is 87.2 Å². The first-order chi connectivity index (χ1) is 13.5. The van der Waals surface area contributed by atoms with Crippen LogP contribution in [0, 0.1) is 5.82 Å². The minimum atomic E-state index is -0.278. The molecular formula is C21H18Cl2FN3O. The number of halogens is 3. The van der Waals surface area contributed by atoms with Gasteiger partial charge in [0.05, 0.1) is 18.8 Å². The molecule has 2 aromatic carbocycles. The van der Waals surface area contributed by atoms with E-state index >= 15 is 0 Å². The van der Waals surface area contributed by atoms with Crippen LogP contribution >= 0.6 is 23.2 Å². The van der Waals surface area contributed by atoms with Crippen LogP contribution in [0.3, 0.4) is 0 Å². The molecule has 0 saturated carbocycles. The number of methoxy groups -OCH3 is 1. The molecule has 7 heteroatoms. The fourth-order valence-electron chi connectivity index (χ4n) is 3.61. The molecule has 1 aromatic heterocycles. The van der Waals surface area contributed by atoms with Gasteiger partial charge < -0.3 is 4.74 Å². The minimum Gasteiger partial charge on any atom is -0.497 e. The molecule has 3 aromatic rings. The predicted octanol–water partition coefficient (Wildman–Crippen LogP) is 5.08. The Hall–Kier alpha value is -2.21. The lowest BCUT2D eigenvalue weighted by atomic mass is 9.92. The Bertz CT molecular complexity index is 980. The molecular weight excluding hydrogens is 400 g/mol. The van der Waals surface area contributed by atoms with E-state index < -0.39 is 0 Å². The fraction of sp³-hybridized carbons (Fsp3) is 0.238. The molecule has 1 aliphatic heterocycles. The van der Waals surface area contributed by atoms with Crippen molar-refractivity contribution < 1.29 is 9.13 Å². The first-order valence-corrected chi connectivity index (χ1v) is 9.65. The summed E-state index contributed by atoms with van der Waals surface area (Å²) in [6, 6.07) is 14.2. The highest BCUT2D eigenvalue weighted by Crippen LogP contribution is 2.37. The van der Waals surface area contributed by atoms with Gasteiger partial charge in [0, 0.05) is 18.7 Å². The van der Waals surface area contributed by atoms with E-state index in [1.807, 2.05) is 24.3 Å². The number of aromatic nitrogens is 2. The number of hydrogen-bond donors (Lipinski definition) is 0. The molecule has 1 unspecified atom stereocenters. The highest BCUT2D eigenvalue weighted by molar-refractivity contribution is 6.32. The molecule has 2 heterocycles. The molecule has 0 fully saturated rings. The van der Waals surface area contributed by atoms with Gasteiger partial charge in [0.15, 0.2) is 0 Å². The summed E-state index contributed by atoms with van der Waals surface area (Å²) in [7, 11) is 1.65. The van der Waals surface area contributed by atoms with Crippen LogP contribution in [0.25, 0.3) is 0 Å². The van der Waals surface area contributed by atoms with Crippen molar-refractivity contribution in [1.82, 2.24) is 14.9 Å². The SMILES string of the molecule is COc1ccc(CN2CCc3c(Cl)nc(Cl)nc3C2c2ccc(F)cc2)cc1. The lowest BCUT2D eigenvalue weighted by molar-refractivity contribution is 0.199. The van der Waals surface area contributed by atoms with Gasteiger partial charge in [0.25, 0.3) is 0 Å². The molecule has 0 bridgehead atoms. The Labute approximate surface area is 172 Å². The van der Waals surface area contributed by atoms with Crippen molar-refractivity contribution >= 4 is 23.2 Å². The Balaban J connectivity index is 1.75. The maximum absolute atomic E-state index is 13.5. The number of ether oxygens (including phenoxy) is 1. The molecule has 28 heavy (non-hydrogen) atoms. The van der Waals surface area contributed by atoms with E-state index in [1.54, 1.807) is 19.2 Å². The number of hydrogen-bond acceptors (Lipinski definition) is 4. The van der Waals surface area contributed by atoms with Gasteiger partial charge in [-0.05, 0) is 53.4 Å². The number of nitrogens with zero attached hydrogens (tertiary/aromatic N) is 3. The third kappa shape index (κ3) is 3.83. The quantitative estimate of drug-likeness (QED) is 0.438. The first-order valence-electron chi connectivity index (χ1n) is 8.89. The van der Waals surface area contributed by atoms with Crippen LogP contribution in [-0.2, 0) is 13.0 Å². The van der Waals surface area contributed by atoms with Gasteiger partial charge in [-0.2, -0.15) is 0 Å². The third-order valence-corrected chi connectivity index (χ3v) is 5.45. The van der Waals surface area contributed by atoms with Gasteiger partial charge in [0.1, 0.15) is 16.7 Å². The van der Waals surface area contributed by atoms with E-state index in [1.165, 1.54) is 12.1 Å². The van der Waals surface area contributed by atoms with Crippen LogP contribution in [-0.4, -0.2) is 28.5 Å². The normalized spacial score (nSPS) is 16.6. The zero-order chi connectivity index (χ0) is 19.7. The molecule has 0 spiro atoms. The second-order valence-electron chi connectivity index (χ2n) is 6.67. The summed E-state index contributed by atoms with van der Waals surface area (Å²) < 4.78 is 18.7. The zero-order valence-corrected chi connectivity index (χ0v) is 16.7. The monoisotopic (exact) mass is 417 g/mol. The van der Waals surface area contributed by atoms with E-state index in [9.17, 15) is 4.39 Å². The van der Waals surface area contributed by atoms with Gasteiger partial charge >= 0.3 is 0 Å². The average Bonchev–Trinajstić information content (AvgIpc) is 2.69. The standard InChI is InChI=1S/C21H18Cl2FN3O/c1-28-16-8-2-13(3-9-16)12-27-11-10-17-18(25-21(23)26-20(17)22)19(27)14-4-6-15(24)7-5-14/h2-9,19H,10-12H2,1H3. The highest BCUT2D eigenvalue weighted by Gasteiger charge is 2.32. The summed E-state index contributed by atoms with van der Waals surface area (Å²) in [6.45, 7) is 1.47. The maximum atomic E-state index is 13.5. The van der Waals surface area contributed by atoms with Gasteiger partial charge in [-0.1, -0.05) is 35.9 Å².